The summed E-state index contributed by atoms with van der Waals surface area (Å²) in [5.41, 5.74) is 5.80. The maximum absolute atomic E-state index is 13.2. The van der Waals surface area contributed by atoms with Gasteiger partial charge in [0.2, 0.25) is 0 Å². The first kappa shape index (κ1) is 100. The van der Waals surface area contributed by atoms with Crippen LogP contribution in [0.5, 0.6) is 0 Å². The van der Waals surface area contributed by atoms with Gasteiger partial charge in [0, 0.05) is 235 Å². The number of piperidine rings is 1. The van der Waals surface area contributed by atoms with Crippen molar-refractivity contribution in [1.29, 1.82) is 16.2 Å². The number of hydrogen-bond acceptors (Lipinski definition) is 20. The van der Waals surface area contributed by atoms with Crippen molar-refractivity contribution in [3.63, 3.8) is 0 Å². The van der Waals surface area contributed by atoms with Crippen LogP contribution in [0.1, 0.15) is 109 Å². The van der Waals surface area contributed by atoms with Crippen LogP contribution < -0.4 is 0 Å². The van der Waals surface area contributed by atoms with Gasteiger partial charge in [0.05, 0.1) is 45.0 Å². The molecule has 9 fully saturated rings. The molecule has 13 heterocycles. The highest BCUT2D eigenvalue weighted by Crippen LogP contribution is 2.39. The van der Waals surface area contributed by atoms with E-state index in [4.69, 9.17) is 67.4 Å². The summed E-state index contributed by atoms with van der Waals surface area (Å²) in [4.78, 5) is 67.6. The number of ether oxygens (including phenoxy) is 1. The number of thiophene rings is 4. The summed E-state index contributed by atoms with van der Waals surface area (Å²) < 4.78 is 124. The normalized spacial score (nSPS) is 17.9. The Morgan fingerprint density at radius 2 is 0.493 bits per heavy atom. The first-order chi connectivity index (χ1) is 67.4. The van der Waals surface area contributed by atoms with Gasteiger partial charge in [0.1, 0.15) is 34.3 Å². The first-order valence-corrected chi connectivity index (χ1v) is 57.2. The SMILES string of the molecule is N=C(c1ccc(C(=O)N2CCN(S(=O)(=O)c3cc4ccc(Cl)cc4s3)CC2)cc1)N1CCCC1.N=C(c1ccc(C(=O)N2CCN(S(=O)(=O)c3cc4ccc(Cl)cc4s3)CC2)cc1)N1CCCCC1.N=C(c1ccc(C(=O)N2CCN(S(=O)(=O)c3cc4ccc(Cl)cc4s3)CC2)cc1)N1CCOCC1.O=C(c1ccc(C(N2CCC2)=[N+]2CCC2)cc1)N1CCN(S(=O)(=O)c2cc3ccc(Cl)cc3s2)CC1. The molecule has 4 amide bonds. The minimum absolute atomic E-state index is 0.0513. The molecule has 0 radical (unpaired) electrons. The lowest BCUT2D eigenvalue weighted by Gasteiger charge is -2.34. The van der Waals surface area contributed by atoms with Crippen molar-refractivity contribution in [2.24, 2.45) is 0 Å². The molecular formula is C99H105Cl4N16O13S8+. The molecule has 9 aliphatic heterocycles. The van der Waals surface area contributed by atoms with Crippen molar-refractivity contribution >= 4 is 219 Å². The number of carbonyl (C=O) groups is 4. The third kappa shape index (κ3) is 22.2. The number of piperazine rings is 4. The second-order valence-electron chi connectivity index (χ2n) is 35.5. The Bertz CT molecular complexity index is 7010. The fraction of sp³-hybridized carbons (Fsp3) is 0.354. The number of carbonyl (C=O) groups excluding carboxylic acids is 4. The molecule has 4 aromatic heterocycles. The molecule has 29 nitrogen and oxygen atoms in total. The van der Waals surface area contributed by atoms with E-state index in [2.05, 4.69) is 19.3 Å². The van der Waals surface area contributed by atoms with Crippen LogP contribution in [0, 0.1) is 16.2 Å². The predicted molar refractivity (Wildman–Crippen MR) is 556 cm³/mol. The van der Waals surface area contributed by atoms with Crippen LogP contribution in [0.25, 0.3) is 40.3 Å². The minimum Gasteiger partial charge on any atom is -0.378 e. The zero-order chi connectivity index (χ0) is 97.9. The van der Waals surface area contributed by atoms with Gasteiger partial charge >= 0.3 is 0 Å². The fourth-order valence-electron chi connectivity index (χ4n) is 18.3. The molecule has 734 valence electrons. The van der Waals surface area contributed by atoms with Crippen LogP contribution in [0.15, 0.2) is 211 Å². The molecule has 0 unspecified atom stereocenters. The second-order valence-corrected chi connectivity index (χ2v) is 50.2. The van der Waals surface area contributed by atoms with Gasteiger partial charge in [-0.2, -0.15) is 17.2 Å². The number of amidine groups is 4. The topological polar surface area (TPSA) is 328 Å². The highest BCUT2D eigenvalue weighted by molar-refractivity contribution is 7.92. The van der Waals surface area contributed by atoms with Crippen molar-refractivity contribution < 1.29 is 62.2 Å². The fourth-order valence-corrected chi connectivity index (χ4v) is 31.3. The number of morpholine rings is 1. The summed E-state index contributed by atoms with van der Waals surface area (Å²) in [6, 6.07) is 57.5. The second kappa shape index (κ2) is 43.3. The molecule has 0 bridgehead atoms. The van der Waals surface area contributed by atoms with Gasteiger partial charge in [0.25, 0.3) is 69.6 Å². The van der Waals surface area contributed by atoms with E-state index in [1.807, 2.05) is 77.7 Å². The summed E-state index contributed by atoms with van der Waals surface area (Å²) in [7, 11) is -14.5. The molecule has 9 saturated heterocycles. The lowest BCUT2D eigenvalue weighted by molar-refractivity contribution is -0.587. The minimum atomic E-state index is -3.64. The Morgan fingerprint density at radius 3 is 0.736 bits per heavy atom. The Hall–Kier alpha value is -9.88. The van der Waals surface area contributed by atoms with Crippen LogP contribution in [-0.4, -0.2) is 325 Å². The zero-order valence-corrected chi connectivity index (χ0v) is 86.2. The lowest BCUT2D eigenvalue weighted by atomic mass is 10.1. The van der Waals surface area contributed by atoms with Gasteiger partial charge in [0.15, 0.2) is 0 Å². The highest BCUT2D eigenvalue weighted by atomic mass is 35.5. The van der Waals surface area contributed by atoms with E-state index in [0.29, 0.717) is 151 Å². The highest BCUT2D eigenvalue weighted by Gasteiger charge is 2.39. The van der Waals surface area contributed by atoms with Crippen LogP contribution in [0.4, 0.5) is 0 Å². The number of likely N-dealkylation sites (tertiary alicyclic amines) is 3. The Labute approximate surface area is 850 Å². The van der Waals surface area contributed by atoms with Crippen molar-refractivity contribution in [2.45, 2.75) is 61.8 Å². The monoisotopic (exact) mass is 2120 g/mol. The molecule has 0 aliphatic carbocycles. The summed E-state index contributed by atoms with van der Waals surface area (Å²) in [6.07, 6.45) is 8.11. The third-order valence-electron chi connectivity index (χ3n) is 26.7. The number of amides is 4. The zero-order valence-electron chi connectivity index (χ0n) is 76.6. The van der Waals surface area contributed by atoms with Gasteiger partial charge in [-0.1, -0.05) is 107 Å². The molecule has 0 atom stereocenters. The molecule has 21 rings (SSSR count). The van der Waals surface area contributed by atoms with Crippen LogP contribution >= 0.6 is 91.8 Å². The van der Waals surface area contributed by atoms with E-state index in [1.54, 1.807) is 141 Å². The van der Waals surface area contributed by atoms with Crippen molar-refractivity contribution in [3.05, 3.63) is 259 Å². The van der Waals surface area contributed by atoms with E-state index in [0.717, 1.165) is 141 Å². The van der Waals surface area contributed by atoms with Crippen molar-refractivity contribution in [1.82, 2.24) is 56.4 Å². The van der Waals surface area contributed by atoms with E-state index in [1.165, 1.54) is 87.7 Å². The van der Waals surface area contributed by atoms with Crippen LogP contribution in [0.3, 0.4) is 0 Å². The molecule has 12 aromatic rings. The van der Waals surface area contributed by atoms with Crippen molar-refractivity contribution in [3.8, 4) is 0 Å². The predicted octanol–water partition coefficient (Wildman–Crippen LogP) is 15.6. The quantitative estimate of drug-likeness (QED) is 0.0460. The summed E-state index contributed by atoms with van der Waals surface area (Å²) in [5, 5.41) is 30.9. The Morgan fingerprint density at radius 1 is 0.257 bits per heavy atom. The first-order valence-electron chi connectivity index (χ1n) is 46.7. The molecule has 8 aromatic carbocycles. The van der Waals surface area contributed by atoms with Gasteiger partial charge < -0.3 is 39.0 Å². The van der Waals surface area contributed by atoms with Gasteiger partial charge in [-0.3, -0.25) is 44.9 Å². The van der Waals surface area contributed by atoms with Crippen LogP contribution in [-0.2, 0) is 44.8 Å². The van der Waals surface area contributed by atoms with Gasteiger partial charge in [-0.25, -0.2) is 33.7 Å². The Balaban J connectivity index is 0.000000124. The maximum Gasteiger partial charge on any atom is 0.279 e. The van der Waals surface area contributed by atoms with E-state index < -0.39 is 40.1 Å². The van der Waals surface area contributed by atoms with E-state index in [-0.39, 0.29) is 80.2 Å². The summed E-state index contributed by atoms with van der Waals surface area (Å²) in [6.45, 7) is 15.3. The molecular weight excluding hydrogens is 2020 g/mol. The standard InChI is InChI=1S/C26H28ClN4O3S2.C25H27ClN4O3S2.C24H25ClN4O4S2.C24H25ClN4O3S2/c27-22-8-7-21-17-24(35-23(21)18-22)36(33,34)31-15-13-30(14-16-31)26(32)20-5-3-19(4-6-20)25(28-9-1-10-28)29-11-2-12-29;26-21-9-8-20-16-23(34-22(20)17-21)35(32,33)30-14-12-29(13-15-30)25(31)19-6-4-18(5-7-19)24(27)28-10-2-1-3-11-28;25-20-6-5-19-15-22(34-21(19)16-20)35(31,32)29-9-7-28(8-10-29)24(30)18-3-1-17(2-4-18)23(26)27-11-13-33-14-12-27;25-20-8-7-19-15-22(33-21(19)16-20)34(31,32)29-13-11-28(12-14-29)24(30)18-5-3-17(4-6-18)23(26)27-9-1-2-10-27/h3-8,17-18H,1-2,9-16H2;4-9,16-17,27H,1-3,10-15H2;1-6,15-16,26H,7-14H2;3-8,15-16,26H,1-2,9-14H2/q+1;;;. The van der Waals surface area contributed by atoms with Crippen molar-refractivity contribution in [2.75, 3.05) is 183 Å². The van der Waals surface area contributed by atoms with E-state index >= 15 is 0 Å². The molecule has 0 spiro atoms. The molecule has 0 saturated carbocycles. The molecule has 140 heavy (non-hydrogen) atoms. The molecule has 41 heteroatoms. The van der Waals surface area contributed by atoms with Gasteiger partial charge in [-0.05, 0) is 187 Å². The van der Waals surface area contributed by atoms with Crippen LogP contribution in [0.2, 0.25) is 20.1 Å². The number of halogens is 4. The smallest absolute Gasteiger partial charge is 0.279 e. The molecule has 3 N–H and O–H groups in total. The average molecular weight is 2130 g/mol. The van der Waals surface area contributed by atoms with E-state index in [9.17, 15) is 52.8 Å². The summed E-state index contributed by atoms with van der Waals surface area (Å²) >= 11 is 29.0. The number of rotatable bonds is 16. The van der Waals surface area contributed by atoms with Gasteiger partial charge in [-0.15, -0.1) is 45.3 Å². The summed E-state index contributed by atoms with van der Waals surface area (Å²) in [5.74, 6) is 2.29. The number of nitrogens with one attached hydrogen (secondary N) is 3. The average Bonchev–Trinajstić information content (AvgIpc) is 1.72. The number of nitrogens with zero attached hydrogens (tertiary/aromatic N) is 13. The number of hydrogen-bond donors (Lipinski definition) is 3. The Kier molecular flexibility index (Phi) is 31.0. The molecule has 9 aliphatic rings. The number of fused-ring (bicyclic) bond motifs is 4. The third-order valence-corrected chi connectivity index (χ3v) is 41.4. The largest absolute Gasteiger partial charge is 0.378 e. The number of benzene rings is 8. The maximum atomic E-state index is 13.2. The number of sulfonamides is 4. The lowest BCUT2D eigenvalue weighted by Crippen LogP contribution is -2.50.